The van der Waals surface area contributed by atoms with Gasteiger partial charge in [0, 0.05) is 20.0 Å². The summed E-state index contributed by atoms with van der Waals surface area (Å²) in [4.78, 5) is 23.6. The number of hydrogen-bond donors (Lipinski definition) is 1. The molecule has 1 aliphatic carbocycles. The van der Waals surface area contributed by atoms with Crippen molar-refractivity contribution in [3.8, 4) is 0 Å². The first kappa shape index (κ1) is 9.49. The van der Waals surface area contributed by atoms with E-state index in [2.05, 4.69) is 0 Å². The monoisotopic (exact) mass is 197 g/mol. The van der Waals surface area contributed by atoms with Crippen molar-refractivity contribution in [2.75, 3.05) is 13.1 Å². The summed E-state index contributed by atoms with van der Waals surface area (Å²) < 4.78 is 0. The third kappa shape index (κ3) is 1.49. The molecule has 2 fully saturated rings. The van der Waals surface area contributed by atoms with Crippen molar-refractivity contribution in [3.63, 3.8) is 0 Å². The van der Waals surface area contributed by atoms with Gasteiger partial charge in [-0.05, 0) is 24.2 Å². The molecule has 2 aliphatic rings. The summed E-state index contributed by atoms with van der Waals surface area (Å²) in [5, 5.41) is 8.76. The SMILES string of the molecule is CC(=O)N1CC(CC(=O)O)C2(CC2)C1. The normalized spacial score (nSPS) is 28.1. The number of nitrogens with zero attached hydrogens (tertiary/aromatic N) is 1. The lowest BCUT2D eigenvalue weighted by Gasteiger charge is -2.12. The van der Waals surface area contributed by atoms with Gasteiger partial charge in [-0.1, -0.05) is 0 Å². The Labute approximate surface area is 82.9 Å². The predicted molar refractivity (Wildman–Crippen MR) is 49.7 cm³/mol. The van der Waals surface area contributed by atoms with Crippen molar-refractivity contribution in [3.05, 3.63) is 0 Å². The summed E-state index contributed by atoms with van der Waals surface area (Å²) >= 11 is 0. The molecule has 1 N–H and O–H groups in total. The number of carboxylic acids is 1. The zero-order valence-electron chi connectivity index (χ0n) is 8.32. The molecule has 1 aliphatic heterocycles. The molecule has 1 spiro atoms. The average Bonchev–Trinajstić information content (AvgIpc) is 2.72. The minimum Gasteiger partial charge on any atom is -0.481 e. The fourth-order valence-corrected chi connectivity index (χ4v) is 2.49. The van der Waals surface area contributed by atoms with Gasteiger partial charge in [0.05, 0.1) is 6.42 Å². The molecule has 2 rings (SSSR count). The highest BCUT2D eigenvalue weighted by molar-refractivity contribution is 5.74. The van der Waals surface area contributed by atoms with Gasteiger partial charge in [0.1, 0.15) is 0 Å². The van der Waals surface area contributed by atoms with Crippen LogP contribution in [0.3, 0.4) is 0 Å². The molecule has 4 heteroatoms. The Bertz CT molecular complexity index is 283. The second-order valence-electron chi connectivity index (χ2n) is 4.56. The Morgan fingerprint density at radius 2 is 2.14 bits per heavy atom. The highest BCUT2D eigenvalue weighted by atomic mass is 16.4. The molecule has 0 aromatic rings. The van der Waals surface area contributed by atoms with Gasteiger partial charge in [0.15, 0.2) is 0 Å². The topological polar surface area (TPSA) is 57.6 Å². The summed E-state index contributed by atoms with van der Waals surface area (Å²) in [6.45, 7) is 2.97. The van der Waals surface area contributed by atoms with E-state index in [9.17, 15) is 9.59 Å². The summed E-state index contributed by atoms with van der Waals surface area (Å²) in [7, 11) is 0. The first-order valence-corrected chi connectivity index (χ1v) is 5.01. The van der Waals surface area contributed by atoms with Crippen molar-refractivity contribution in [1.29, 1.82) is 0 Å². The van der Waals surface area contributed by atoms with E-state index < -0.39 is 5.97 Å². The number of carbonyl (C=O) groups is 2. The van der Waals surface area contributed by atoms with Gasteiger partial charge in [0.25, 0.3) is 0 Å². The van der Waals surface area contributed by atoms with Crippen LogP contribution in [0.25, 0.3) is 0 Å². The maximum atomic E-state index is 11.2. The predicted octanol–water partition coefficient (Wildman–Crippen LogP) is 0.720. The Morgan fingerprint density at radius 1 is 1.50 bits per heavy atom. The highest BCUT2D eigenvalue weighted by Gasteiger charge is 2.55. The van der Waals surface area contributed by atoms with E-state index in [-0.39, 0.29) is 23.7 Å². The number of aliphatic carboxylic acids is 1. The number of carboxylic acid groups (broad SMARTS) is 1. The number of carbonyl (C=O) groups excluding carboxylic acids is 1. The van der Waals surface area contributed by atoms with Crippen molar-refractivity contribution < 1.29 is 14.7 Å². The van der Waals surface area contributed by atoms with Crippen LogP contribution in [0.15, 0.2) is 0 Å². The third-order valence-electron chi connectivity index (χ3n) is 3.57. The minimum atomic E-state index is -0.744. The molecule has 0 radical (unpaired) electrons. The van der Waals surface area contributed by atoms with Crippen molar-refractivity contribution >= 4 is 11.9 Å². The van der Waals surface area contributed by atoms with Crippen LogP contribution in [0.2, 0.25) is 0 Å². The van der Waals surface area contributed by atoms with Gasteiger partial charge in [0.2, 0.25) is 5.91 Å². The van der Waals surface area contributed by atoms with Crippen LogP contribution in [0.5, 0.6) is 0 Å². The van der Waals surface area contributed by atoms with Gasteiger partial charge in [-0.3, -0.25) is 9.59 Å². The summed E-state index contributed by atoms with van der Waals surface area (Å²) in [5.41, 5.74) is 0.171. The van der Waals surface area contributed by atoms with E-state index in [0.29, 0.717) is 6.54 Å². The second-order valence-corrected chi connectivity index (χ2v) is 4.56. The fourth-order valence-electron chi connectivity index (χ4n) is 2.49. The summed E-state index contributed by atoms with van der Waals surface area (Å²) in [6.07, 6.45) is 2.40. The largest absolute Gasteiger partial charge is 0.481 e. The molecule has 1 saturated heterocycles. The molecule has 78 valence electrons. The standard InChI is InChI=1S/C10H15NO3/c1-7(12)11-5-8(4-9(13)14)10(6-11)2-3-10/h8H,2-6H2,1H3,(H,13,14). The van der Waals surface area contributed by atoms with E-state index >= 15 is 0 Å². The number of amides is 1. The Hall–Kier alpha value is -1.06. The van der Waals surface area contributed by atoms with Crippen LogP contribution in [-0.4, -0.2) is 35.0 Å². The first-order chi connectivity index (χ1) is 6.53. The van der Waals surface area contributed by atoms with E-state index in [4.69, 9.17) is 5.11 Å². The molecule has 1 atom stereocenters. The molecule has 0 aromatic heterocycles. The minimum absolute atomic E-state index is 0.0733. The fraction of sp³-hybridized carbons (Fsp3) is 0.800. The molecule has 0 bridgehead atoms. The van der Waals surface area contributed by atoms with Gasteiger partial charge < -0.3 is 10.0 Å². The molecule has 14 heavy (non-hydrogen) atoms. The van der Waals surface area contributed by atoms with E-state index in [1.165, 1.54) is 0 Å². The smallest absolute Gasteiger partial charge is 0.303 e. The lowest BCUT2D eigenvalue weighted by molar-refractivity contribution is -0.138. The van der Waals surface area contributed by atoms with Crippen molar-refractivity contribution in [1.82, 2.24) is 4.90 Å². The first-order valence-electron chi connectivity index (χ1n) is 5.01. The van der Waals surface area contributed by atoms with Crippen LogP contribution >= 0.6 is 0 Å². The van der Waals surface area contributed by atoms with Gasteiger partial charge in [-0.2, -0.15) is 0 Å². The maximum Gasteiger partial charge on any atom is 0.303 e. The molecule has 1 unspecified atom stereocenters. The van der Waals surface area contributed by atoms with Crippen LogP contribution in [0, 0.1) is 11.3 Å². The van der Waals surface area contributed by atoms with Crippen LogP contribution in [0.1, 0.15) is 26.2 Å². The van der Waals surface area contributed by atoms with Gasteiger partial charge in [-0.25, -0.2) is 0 Å². The molecule has 1 amide bonds. The van der Waals surface area contributed by atoms with Crippen LogP contribution in [-0.2, 0) is 9.59 Å². The van der Waals surface area contributed by atoms with Gasteiger partial charge in [-0.15, -0.1) is 0 Å². The van der Waals surface area contributed by atoms with E-state index in [1.807, 2.05) is 0 Å². The summed E-state index contributed by atoms with van der Waals surface area (Å²) in [5.74, 6) is -0.486. The van der Waals surface area contributed by atoms with E-state index in [0.717, 1.165) is 19.4 Å². The lowest BCUT2D eigenvalue weighted by Crippen LogP contribution is -2.26. The van der Waals surface area contributed by atoms with E-state index in [1.54, 1.807) is 11.8 Å². The number of hydrogen-bond acceptors (Lipinski definition) is 2. The number of rotatable bonds is 2. The zero-order chi connectivity index (χ0) is 10.3. The lowest BCUT2D eigenvalue weighted by atomic mass is 9.90. The average molecular weight is 197 g/mol. The Morgan fingerprint density at radius 3 is 2.57 bits per heavy atom. The quantitative estimate of drug-likeness (QED) is 0.709. The van der Waals surface area contributed by atoms with Gasteiger partial charge >= 0.3 is 5.97 Å². The maximum absolute atomic E-state index is 11.2. The van der Waals surface area contributed by atoms with Crippen molar-refractivity contribution in [2.45, 2.75) is 26.2 Å². The second kappa shape index (κ2) is 2.97. The summed E-state index contributed by atoms with van der Waals surface area (Å²) in [6, 6.07) is 0. The van der Waals surface area contributed by atoms with Crippen LogP contribution in [0.4, 0.5) is 0 Å². The van der Waals surface area contributed by atoms with Crippen LogP contribution < -0.4 is 0 Å². The highest BCUT2D eigenvalue weighted by Crippen LogP contribution is 2.57. The Balaban J connectivity index is 2.04. The Kier molecular flexibility index (Phi) is 2.01. The third-order valence-corrected chi connectivity index (χ3v) is 3.57. The molecule has 0 aromatic carbocycles. The zero-order valence-corrected chi connectivity index (χ0v) is 8.32. The molecule has 1 heterocycles. The molecular weight excluding hydrogens is 182 g/mol. The molecule has 1 saturated carbocycles. The molecular formula is C10H15NO3. The number of likely N-dealkylation sites (tertiary alicyclic amines) is 1. The van der Waals surface area contributed by atoms with Crippen molar-refractivity contribution in [2.24, 2.45) is 11.3 Å². The molecule has 4 nitrogen and oxygen atoms in total.